The van der Waals surface area contributed by atoms with Crippen LogP contribution in [0, 0.1) is 0 Å². The van der Waals surface area contributed by atoms with Crippen molar-refractivity contribution >= 4 is 0 Å². The van der Waals surface area contributed by atoms with Crippen molar-refractivity contribution in [3.05, 3.63) is 18.2 Å². The molecule has 1 aromatic rings. The second kappa shape index (κ2) is 2.84. The summed E-state index contributed by atoms with van der Waals surface area (Å²) in [6.07, 6.45) is 5.20. The number of aromatic nitrogens is 2. The summed E-state index contributed by atoms with van der Waals surface area (Å²) in [5.74, 6) is 0.564. The van der Waals surface area contributed by atoms with E-state index < -0.39 is 0 Å². The van der Waals surface area contributed by atoms with E-state index in [1.54, 1.807) is 0 Å². The highest BCUT2D eigenvalue weighted by Gasteiger charge is 2.36. The van der Waals surface area contributed by atoms with Gasteiger partial charge in [-0.1, -0.05) is 0 Å². The molecule has 1 aliphatic rings. The van der Waals surface area contributed by atoms with Gasteiger partial charge in [0.25, 0.3) is 0 Å². The minimum absolute atomic E-state index is 0.203. The van der Waals surface area contributed by atoms with E-state index in [-0.39, 0.29) is 5.54 Å². The maximum Gasteiger partial charge on any atom is 0.0946 e. The van der Waals surface area contributed by atoms with Crippen molar-refractivity contribution < 1.29 is 0 Å². The molecule has 0 bridgehead atoms. The number of hydrogen-bond donors (Lipinski definition) is 1. The minimum Gasteiger partial charge on any atom is -0.340 e. The number of aryl methyl sites for hydroxylation is 1. The second-order valence-electron chi connectivity index (χ2n) is 4.45. The van der Waals surface area contributed by atoms with E-state index in [2.05, 4.69) is 30.3 Å². The molecule has 3 nitrogen and oxygen atoms in total. The van der Waals surface area contributed by atoms with Crippen LogP contribution in [0.15, 0.2) is 12.5 Å². The maximum atomic E-state index is 4.42. The maximum absolute atomic E-state index is 4.42. The predicted molar refractivity (Wildman–Crippen MR) is 52.6 cm³/mol. The van der Waals surface area contributed by atoms with E-state index in [1.807, 2.05) is 17.9 Å². The summed E-state index contributed by atoms with van der Waals surface area (Å²) in [6.45, 7) is 5.60. The molecule has 0 amide bonds. The van der Waals surface area contributed by atoms with Crippen LogP contribution in [0.3, 0.4) is 0 Å². The molecule has 0 radical (unpaired) electrons. The van der Waals surface area contributed by atoms with Crippen molar-refractivity contribution in [3.8, 4) is 0 Å². The minimum atomic E-state index is 0.203. The van der Waals surface area contributed by atoms with Crippen molar-refractivity contribution in [2.45, 2.75) is 31.7 Å². The van der Waals surface area contributed by atoms with Crippen molar-refractivity contribution in [2.24, 2.45) is 7.05 Å². The molecule has 72 valence electrons. The van der Waals surface area contributed by atoms with E-state index >= 15 is 0 Å². The third-order valence-electron chi connectivity index (χ3n) is 2.97. The van der Waals surface area contributed by atoms with Gasteiger partial charge in [0.05, 0.1) is 12.0 Å². The second-order valence-corrected chi connectivity index (χ2v) is 4.45. The number of nitrogens with zero attached hydrogens (tertiary/aromatic N) is 2. The zero-order chi connectivity index (χ0) is 9.47. The van der Waals surface area contributed by atoms with Crippen LogP contribution in [-0.4, -0.2) is 21.6 Å². The molecular formula is C10H17N3. The first-order valence-electron chi connectivity index (χ1n) is 4.82. The molecule has 1 atom stereocenters. The quantitative estimate of drug-likeness (QED) is 0.703. The molecule has 0 aromatic carbocycles. The van der Waals surface area contributed by atoms with Gasteiger partial charge in [0.2, 0.25) is 0 Å². The Morgan fingerprint density at radius 2 is 2.38 bits per heavy atom. The summed E-state index contributed by atoms with van der Waals surface area (Å²) in [4.78, 5) is 4.42. The summed E-state index contributed by atoms with van der Waals surface area (Å²) in [7, 11) is 2.02. The first kappa shape index (κ1) is 8.75. The largest absolute Gasteiger partial charge is 0.340 e. The fourth-order valence-corrected chi connectivity index (χ4v) is 2.15. The average Bonchev–Trinajstić information content (AvgIpc) is 2.56. The molecule has 0 saturated carbocycles. The number of imidazole rings is 1. The zero-order valence-electron chi connectivity index (χ0n) is 8.54. The Bertz CT molecular complexity index is 301. The molecule has 1 unspecified atom stereocenters. The number of rotatable bonds is 1. The first-order valence-corrected chi connectivity index (χ1v) is 4.82. The van der Waals surface area contributed by atoms with Crippen LogP contribution in [0.25, 0.3) is 0 Å². The molecule has 3 heteroatoms. The van der Waals surface area contributed by atoms with Gasteiger partial charge in [-0.3, -0.25) is 0 Å². The number of hydrogen-bond acceptors (Lipinski definition) is 2. The van der Waals surface area contributed by atoms with Gasteiger partial charge in [-0.2, -0.15) is 0 Å². The highest BCUT2D eigenvalue weighted by molar-refractivity contribution is 5.15. The van der Waals surface area contributed by atoms with Gasteiger partial charge in [-0.15, -0.1) is 0 Å². The molecule has 2 heterocycles. The van der Waals surface area contributed by atoms with Crippen LogP contribution in [0.5, 0.6) is 0 Å². The predicted octanol–water partition coefficient (Wildman–Crippen LogP) is 1.28. The van der Waals surface area contributed by atoms with Crippen molar-refractivity contribution in [1.82, 2.24) is 14.9 Å². The molecule has 1 fully saturated rings. The van der Waals surface area contributed by atoms with Crippen LogP contribution in [0.1, 0.15) is 31.9 Å². The normalized spacial score (nSPS) is 26.5. The van der Waals surface area contributed by atoms with Gasteiger partial charge in [0, 0.05) is 24.7 Å². The summed E-state index contributed by atoms with van der Waals surface area (Å²) in [5.41, 5.74) is 1.42. The lowest BCUT2D eigenvalue weighted by Gasteiger charge is -2.25. The van der Waals surface area contributed by atoms with Crippen molar-refractivity contribution in [1.29, 1.82) is 0 Å². The van der Waals surface area contributed by atoms with Gasteiger partial charge in [0.15, 0.2) is 0 Å². The summed E-state index contributed by atoms with van der Waals surface area (Å²) >= 11 is 0. The Morgan fingerprint density at radius 3 is 2.85 bits per heavy atom. The molecule has 2 rings (SSSR count). The Labute approximate surface area is 79.2 Å². The van der Waals surface area contributed by atoms with Crippen molar-refractivity contribution in [3.63, 3.8) is 0 Å². The first-order chi connectivity index (χ1) is 6.09. The molecule has 1 N–H and O–H groups in total. The third kappa shape index (κ3) is 1.48. The van der Waals surface area contributed by atoms with Crippen LogP contribution in [-0.2, 0) is 7.05 Å². The summed E-state index contributed by atoms with van der Waals surface area (Å²) in [6, 6.07) is 0. The molecule has 0 spiro atoms. The van der Waals surface area contributed by atoms with Gasteiger partial charge in [0.1, 0.15) is 0 Å². The summed E-state index contributed by atoms with van der Waals surface area (Å²) < 4.78 is 2.02. The van der Waals surface area contributed by atoms with E-state index in [0.717, 1.165) is 6.54 Å². The van der Waals surface area contributed by atoms with Crippen LogP contribution < -0.4 is 5.32 Å². The molecule has 1 saturated heterocycles. The molecule has 1 aliphatic heterocycles. The van der Waals surface area contributed by atoms with E-state index in [4.69, 9.17) is 0 Å². The van der Waals surface area contributed by atoms with Crippen LogP contribution in [0.4, 0.5) is 0 Å². The number of nitrogens with one attached hydrogen (secondary N) is 1. The average molecular weight is 179 g/mol. The Balaban J connectivity index is 2.26. The lowest BCUT2D eigenvalue weighted by Crippen LogP contribution is -2.36. The molecular weight excluding hydrogens is 162 g/mol. The van der Waals surface area contributed by atoms with E-state index in [9.17, 15) is 0 Å². The Kier molecular flexibility index (Phi) is 1.91. The topological polar surface area (TPSA) is 29.9 Å². The highest BCUT2D eigenvalue weighted by atomic mass is 15.0. The van der Waals surface area contributed by atoms with Crippen molar-refractivity contribution in [2.75, 3.05) is 6.54 Å². The summed E-state index contributed by atoms with van der Waals surface area (Å²) in [5, 5.41) is 3.50. The zero-order valence-corrected chi connectivity index (χ0v) is 8.54. The highest BCUT2D eigenvalue weighted by Crippen LogP contribution is 2.33. The van der Waals surface area contributed by atoms with Crippen LogP contribution >= 0.6 is 0 Å². The Morgan fingerprint density at radius 1 is 1.62 bits per heavy atom. The van der Waals surface area contributed by atoms with Gasteiger partial charge in [-0.05, 0) is 26.8 Å². The molecule has 13 heavy (non-hydrogen) atoms. The Hall–Kier alpha value is -0.830. The fraction of sp³-hybridized carbons (Fsp3) is 0.700. The standard InChI is InChI=1S/C10H17N3/c1-10(2)8(4-5-12-10)9-6-13(3)7-11-9/h6-8,12H,4-5H2,1-3H3. The fourth-order valence-electron chi connectivity index (χ4n) is 2.15. The lowest BCUT2D eigenvalue weighted by molar-refractivity contribution is 0.406. The van der Waals surface area contributed by atoms with Gasteiger partial charge in [-0.25, -0.2) is 4.98 Å². The van der Waals surface area contributed by atoms with Gasteiger partial charge >= 0.3 is 0 Å². The SMILES string of the molecule is Cn1cnc(C2CCNC2(C)C)c1. The van der Waals surface area contributed by atoms with Gasteiger partial charge < -0.3 is 9.88 Å². The monoisotopic (exact) mass is 179 g/mol. The van der Waals surface area contributed by atoms with E-state index in [1.165, 1.54) is 12.1 Å². The third-order valence-corrected chi connectivity index (χ3v) is 2.97. The molecule has 1 aromatic heterocycles. The lowest BCUT2D eigenvalue weighted by atomic mass is 9.87. The smallest absolute Gasteiger partial charge is 0.0946 e. The van der Waals surface area contributed by atoms with Crippen LogP contribution in [0.2, 0.25) is 0 Å². The van der Waals surface area contributed by atoms with E-state index in [0.29, 0.717) is 5.92 Å². The molecule has 0 aliphatic carbocycles.